The summed E-state index contributed by atoms with van der Waals surface area (Å²) >= 11 is 0. The summed E-state index contributed by atoms with van der Waals surface area (Å²) < 4.78 is 5.76. The van der Waals surface area contributed by atoms with Crippen molar-refractivity contribution < 1.29 is 9.53 Å². The predicted octanol–water partition coefficient (Wildman–Crippen LogP) is 2.87. The van der Waals surface area contributed by atoms with E-state index < -0.39 is 0 Å². The van der Waals surface area contributed by atoms with Gasteiger partial charge < -0.3 is 15.0 Å². The summed E-state index contributed by atoms with van der Waals surface area (Å²) in [6.45, 7) is 3.76. The first-order chi connectivity index (χ1) is 11.7. The van der Waals surface area contributed by atoms with Gasteiger partial charge in [0.15, 0.2) is 0 Å². The van der Waals surface area contributed by atoms with Gasteiger partial charge >= 0.3 is 0 Å². The molecule has 1 atom stereocenters. The Hall–Kier alpha value is -1.39. The van der Waals surface area contributed by atoms with E-state index in [2.05, 4.69) is 17.4 Å². The summed E-state index contributed by atoms with van der Waals surface area (Å²) in [4.78, 5) is 14.5. The Bertz CT molecular complexity index is 534. The van der Waals surface area contributed by atoms with Crippen LogP contribution in [0.15, 0.2) is 24.3 Å². The van der Waals surface area contributed by atoms with E-state index in [9.17, 15) is 4.79 Å². The van der Waals surface area contributed by atoms with Crippen molar-refractivity contribution in [1.29, 1.82) is 0 Å². The molecule has 4 nitrogen and oxygen atoms in total. The second-order valence-corrected chi connectivity index (χ2v) is 7.27. The van der Waals surface area contributed by atoms with E-state index in [1.165, 1.54) is 24.8 Å². The van der Waals surface area contributed by atoms with E-state index in [1.54, 1.807) is 0 Å². The molecule has 0 aromatic heterocycles. The molecule has 2 aliphatic heterocycles. The van der Waals surface area contributed by atoms with Gasteiger partial charge in [0.1, 0.15) is 0 Å². The van der Waals surface area contributed by atoms with E-state index in [0.717, 1.165) is 50.4 Å². The van der Waals surface area contributed by atoms with Gasteiger partial charge in [-0.05, 0) is 75.2 Å². The van der Waals surface area contributed by atoms with Gasteiger partial charge in [-0.2, -0.15) is 0 Å². The highest BCUT2D eigenvalue weighted by molar-refractivity contribution is 5.94. The summed E-state index contributed by atoms with van der Waals surface area (Å²) in [7, 11) is 1.89. The number of likely N-dealkylation sites (N-methyl/N-ethyl adjacent to an activating group) is 1. The Balaban J connectivity index is 1.58. The fourth-order valence-electron chi connectivity index (χ4n) is 3.81. The Kier molecular flexibility index (Phi) is 6.27. The summed E-state index contributed by atoms with van der Waals surface area (Å²) in [5, 5.41) is 3.41. The van der Waals surface area contributed by atoms with Gasteiger partial charge in [-0.25, -0.2) is 0 Å². The van der Waals surface area contributed by atoms with Gasteiger partial charge in [-0.15, -0.1) is 0 Å². The van der Waals surface area contributed by atoms with Gasteiger partial charge in [-0.3, -0.25) is 4.79 Å². The zero-order chi connectivity index (χ0) is 16.8. The van der Waals surface area contributed by atoms with Gasteiger partial charge in [0.05, 0.1) is 6.10 Å². The van der Waals surface area contributed by atoms with Crippen molar-refractivity contribution in [2.24, 2.45) is 5.92 Å². The topological polar surface area (TPSA) is 41.6 Å². The second kappa shape index (κ2) is 8.63. The molecule has 2 aliphatic rings. The van der Waals surface area contributed by atoms with Crippen LogP contribution in [-0.2, 0) is 11.2 Å². The lowest BCUT2D eigenvalue weighted by molar-refractivity contribution is -0.000188. The highest BCUT2D eigenvalue weighted by Crippen LogP contribution is 2.20. The predicted molar refractivity (Wildman–Crippen MR) is 96.3 cm³/mol. The molecule has 24 heavy (non-hydrogen) atoms. The molecule has 0 saturated carbocycles. The lowest BCUT2D eigenvalue weighted by Gasteiger charge is -2.27. The van der Waals surface area contributed by atoms with Gasteiger partial charge in [-0.1, -0.05) is 12.1 Å². The third kappa shape index (κ3) is 4.81. The quantitative estimate of drug-likeness (QED) is 0.902. The number of amides is 1. The molecule has 0 radical (unpaired) electrons. The number of nitrogens with zero attached hydrogens (tertiary/aromatic N) is 1. The van der Waals surface area contributed by atoms with Crippen LogP contribution in [0.2, 0.25) is 0 Å². The molecule has 3 rings (SSSR count). The van der Waals surface area contributed by atoms with Crippen LogP contribution >= 0.6 is 0 Å². The van der Waals surface area contributed by atoms with Crippen molar-refractivity contribution in [1.82, 2.24) is 10.2 Å². The first kappa shape index (κ1) is 17.4. The lowest BCUT2D eigenvalue weighted by atomic mass is 9.90. The Morgan fingerprint density at radius 2 is 2.08 bits per heavy atom. The SMILES string of the molecule is CN(C[C@@H]1CCCCO1)C(=O)c1cccc(CC2CCNCC2)c1. The number of hydrogen-bond donors (Lipinski definition) is 1. The van der Waals surface area contributed by atoms with Crippen molar-refractivity contribution in [3.63, 3.8) is 0 Å². The monoisotopic (exact) mass is 330 g/mol. The van der Waals surface area contributed by atoms with Crippen LogP contribution in [0.1, 0.15) is 48.0 Å². The van der Waals surface area contributed by atoms with Crippen LogP contribution in [0, 0.1) is 5.92 Å². The van der Waals surface area contributed by atoms with Crippen LogP contribution < -0.4 is 5.32 Å². The molecular formula is C20H30N2O2. The summed E-state index contributed by atoms with van der Waals surface area (Å²) in [5.74, 6) is 0.848. The standard InChI is InChI=1S/C20H30N2O2/c1-22(15-19-7-2-3-12-24-19)20(23)18-6-4-5-17(14-18)13-16-8-10-21-11-9-16/h4-6,14,16,19,21H,2-3,7-13,15H2,1H3/t19-/m0/s1. The fourth-order valence-corrected chi connectivity index (χ4v) is 3.81. The maximum atomic E-state index is 12.7. The van der Waals surface area contributed by atoms with Crippen molar-refractivity contribution in [3.05, 3.63) is 35.4 Å². The number of carbonyl (C=O) groups is 1. The van der Waals surface area contributed by atoms with Crippen LogP contribution in [-0.4, -0.2) is 50.2 Å². The molecule has 0 spiro atoms. The van der Waals surface area contributed by atoms with E-state index >= 15 is 0 Å². The Morgan fingerprint density at radius 1 is 1.25 bits per heavy atom. The molecule has 1 amide bonds. The van der Waals surface area contributed by atoms with Gasteiger partial charge in [0, 0.05) is 25.8 Å². The largest absolute Gasteiger partial charge is 0.376 e. The smallest absolute Gasteiger partial charge is 0.253 e. The highest BCUT2D eigenvalue weighted by Gasteiger charge is 2.20. The fraction of sp³-hybridized carbons (Fsp3) is 0.650. The van der Waals surface area contributed by atoms with E-state index in [4.69, 9.17) is 4.74 Å². The average molecular weight is 330 g/mol. The van der Waals surface area contributed by atoms with Crippen LogP contribution in [0.3, 0.4) is 0 Å². The Morgan fingerprint density at radius 3 is 2.83 bits per heavy atom. The molecule has 2 heterocycles. The van der Waals surface area contributed by atoms with Crippen LogP contribution in [0.4, 0.5) is 0 Å². The van der Waals surface area contributed by atoms with E-state index in [-0.39, 0.29) is 12.0 Å². The van der Waals surface area contributed by atoms with E-state index in [1.807, 2.05) is 24.1 Å². The number of rotatable bonds is 5. The first-order valence-corrected chi connectivity index (χ1v) is 9.39. The second-order valence-electron chi connectivity index (χ2n) is 7.27. The Labute approximate surface area is 145 Å². The molecule has 0 aliphatic carbocycles. The number of benzene rings is 1. The molecule has 2 saturated heterocycles. The number of piperidine rings is 1. The molecule has 1 aromatic rings. The minimum Gasteiger partial charge on any atom is -0.376 e. The summed E-state index contributed by atoms with van der Waals surface area (Å²) in [5.41, 5.74) is 2.09. The molecular weight excluding hydrogens is 300 g/mol. The molecule has 1 aromatic carbocycles. The zero-order valence-electron chi connectivity index (χ0n) is 14.8. The first-order valence-electron chi connectivity index (χ1n) is 9.39. The molecule has 4 heteroatoms. The lowest BCUT2D eigenvalue weighted by Crippen LogP contribution is -2.37. The zero-order valence-corrected chi connectivity index (χ0v) is 14.8. The van der Waals surface area contributed by atoms with Gasteiger partial charge in [0.2, 0.25) is 0 Å². The number of hydrogen-bond acceptors (Lipinski definition) is 3. The third-order valence-electron chi connectivity index (χ3n) is 5.26. The van der Waals surface area contributed by atoms with Crippen LogP contribution in [0.5, 0.6) is 0 Å². The van der Waals surface area contributed by atoms with Gasteiger partial charge in [0.25, 0.3) is 5.91 Å². The number of ether oxygens (including phenoxy) is 1. The minimum atomic E-state index is 0.108. The van der Waals surface area contributed by atoms with Crippen molar-refractivity contribution >= 4 is 5.91 Å². The van der Waals surface area contributed by atoms with Crippen molar-refractivity contribution in [3.8, 4) is 0 Å². The molecule has 1 N–H and O–H groups in total. The number of carbonyl (C=O) groups excluding carboxylic acids is 1. The molecule has 0 bridgehead atoms. The van der Waals surface area contributed by atoms with Crippen LogP contribution in [0.25, 0.3) is 0 Å². The molecule has 0 unspecified atom stereocenters. The van der Waals surface area contributed by atoms with E-state index in [0.29, 0.717) is 6.54 Å². The van der Waals surface area contributed by atoms with Crippen molar-refractivity contribution in [2.45, 2.75) is 44.6 Å². The summed E-state index contributed by atoms with van der Waals surface area (Å²) in [6, 6.07) is 8.20. The maximum Gasteiger partial charge on any atom is 0.253 e. The minimum absolute atomic E-state index is 0.108. The molecule has 132 valence electrons. The normalized spacial score (nSPS) is 22.3. The maximum absolute atomic E-state index is 12.7. The highest BCUT2D eigenvalue weighted by atomic mass is 16.5. The molecule has 2 fully saturated rings. The number of nitrogens with one attached hydrogen (secondary N) is 1. The third-order valence-corrected chi connectivity index (χ3v) is 5.26. The average Bonchev–Trinajstić information content (AvgIpc) is 2.63. The summed E-state index contributed by atoms with van der Waals surface area (Å²) in [6.07, 6.45) is 7.16. The van der Waals surface area contributed by atoms with Crippen molar-refractivity contribution in [2.75, 3.05) is 33.3 Å².